The normalized spacial score (nSPS) is 11.4. The number of para-hydroxylation sites is 1. The van der Waals surface area contributed by atoms with E-state index < -0.39 is 22.0 Å². The lowest BCUT2D eigenvalue weighted by Gasteiger charge is -2.02. The van der Waals surface area contributed by atoms with Crippen molar-refractivity contribution in [3.05, 3.63) is 24.3 Å². The van der Waals surface area contributed by atoms with Crippen molar-refractivity contribution in [1.82, 2.24) is 10.3 Å². The van der Waals surface area contributed by atoms with Crippen LogP contribution in [0.15, 0.2) is 24.3 Å². The summed E-state index contributed by atoms with van der Waals surface area (Å²) in [5.74, 6) is -0.844. The zero-order valence-corrected chi connectivity index (χ0v) is 10.6. The number of amides is 2. The minimum Gasteiger partial charge on any atom is -0.321 e. The number of hydrogen-bond donors (Lipinski definition) is 3. The van der Waals surface area contributed by atoms with Crippen LogP contribution in [-0.2, 0) is 10.1 Å². The number of nitrogens with one attached hydrogen (secondary N) is 2. The lowest BCUT2D eigenvalue weighted by atomic mass is 10.3. The van der Waals surface area contributed by atoms with E-state index in [1.165, 1.54) is 11.3 Å². The molecule has 96 valence electrons. The van der Waals surface area contributed by atoms with Gasteiger partial charge in [0.25, 0.3) is 10.1 Å². The van der Waals surface area contributed by atoms with E-state index >= 15 is 0 Å². The predicted molar refractivity (Wildman–Crippen MR) is 68.2 cm³/mol. The summed E-state index contributed by atoms with van der Waals surface area (Å²) in [5.41, 5.74) is 0.743. The van der Waals surface area contributed by atoms with E-state index in [0.717, 1.165) is 10.2 Å². The summed E-state index contributed by atoms with van der Waals surface area (Å²) >= 11 is 1.26. The molecule has 1 aromatic heterocycles. The summed E-state index contributed by atoms with van der Waals surface area (Å²) in [6.45, 7) is 0. The number of carbonyl (C=O) groups excluding carboxylic acids is 1. The van der Waals surface area contributed by atoms with Gasteiger partial charge in [0.2, 0.25) is 0 Å². The van der Waals surface area contributed by atoms with Crippen molar-refractivity contribution in [2.24, 2.45) is 0 Å². The summed E-state index contributed by atoms with van der Waals surface area (Å²) in [6, 6.07) is 6.58. The number of rotatable bonds is 3. The Morgan fingerprint density at radius 3 is 2.78 bits per heavy atom. The van der Waals surface area contributed by atoms with Gasteiger partial charge in [-0.3, -0.25) is 9.87 Å². The van der Waals surface area contributed by atoms with Crippen LogP contribution in [0.4, 0.5) is 9.93 Å². The maximum absolute atomic E-state index is 11.3. The van der Waals surface area contributed by atoms with Crippen LogP contribution >= 0.6 is 11.3 Å². The molecule has 0 aliphatic rings. The van der Waals surface area contributed by atoms with Crippen molar-refractivity contribution in [1.29, 1.82) is 0 Å². The second kappa shape index (κ2) is 4.88. The minimum absolute atomic E-state index is 0.351. The predicted octanol–water partition coefficient (Wildman–Crippen LogP) is 1.26. The molecule has 3 N–H and O–H groups in total. The van der Waals surface area contributed by atoms with E-state index in [1.807, 2.05) is 23.5 Å². The smallest absolute Gasteiger partial charge is 0.321 e. The second-order valence-corrected chi connectivity index (χ2v) is 5.83. The van der Waals surface area contributed by atoms with Gasteiger partial charge in [-0.2, -0.15) is 8.42 Å². The number of anilines is 1. The minimum atomic E-state index is -4.23. The van der Waals surface area contributed by atoms with Crippen molar-refractivity contribution in [3.8, 4) is 0 Å². The van der Waals surface area contributed by atoms with Gasteiger partial charge in [-0.1, -0.05) is 23.5 Å². The topological polar surface area (TPSA) is 108 Å². The van der Waals surface area contributed by atoms with Gasteiger partial charge in [-0.25, -0.2) is 9.78 Å². The molecule has 0 spiro atoms. The fourth-order valence-electron chi connectivity index (χ4n) is 1.22. The number of hydrogen-bond acceptors (Lipinski definition) is 5. The summed E-state index contributed by atoms with van der Waals surface area (Å²) in [6.07, 6.45) is 0. The quantitative estimate of drug-likeness (QED) is 0.736. The molecule has 2 amide bonds. The van der Waals surface area contributed by atoms with Crippen molar-refractivity contribution in [2.75, 3.05) is 11.2 Å². The molecular weight excluding hydrogens is 278 g/mol. The molecule has 1 aromatic carbocycles. The highest BCUT2D eigenvalue weighted by atomic mass is 32.2. The first-order chi connectivity index (χ1) is 8.44. The monoisotopic (exact) mass is 287 g/mol. The van der Waals surface area contributed by atoms with Gasteiger partial charge in [0, 0.05) is 0 Å². The van der Waals surface area contributed by atoms with E-state index in [2.05, 4.69) is 10.3 Å². The fraction of sp³-hybridized carbons (Fsp3) is 0.111. The van der Waals surface area contributed by atoms with Crippen LogP contribution in [0.5, 0.6) is 0 Å². The van der Waals surface area contributed by atoms with Crippen LogP contribution in [0.3, 0.4) is 0 Å². The Hall–Kier alpha value is -1.71. The van der Waals surface area contributed by atoms with E-state index in [0.29, 0.717) is 5.13 Å². The molecule has 0 atom stereocenters. The van der Waals surface area contributed by atoms with Crippen LogP contribution in [0.2, 0.25) is 0 Å². The molecule has 18 heavy (non-hydrogen) atoms. The van der Waals surface area contributed by atoms with E-state index in [4.69, 9.17) is 4.55 Å². The maximum atomic E-state index is 11.3. The van der Waals surface area contributed by atoms with Crippen LogP contribution in [-0.4, -0.2) is 29.9 Å². The zero-order chi connectivity index (χ0) is 13.2. The van der Waals surface area contributed by atoms with Gasteiger partial charge >= 0.3 is 6.03 Å². The molecule has 0 unspecified atom stereocenters. The van der Waals surface area contributed by atoms with E-state index in [-0.39, 0.29) is 0 Å². The van der Waals surface area contributed by atoms with Crippen LogP contribution in [0.25, 0.3) is 10.2 Å². The Labute approximate surface area is 107 Å². The summed E-state index contributed by atoms with van der Waals surface area (Å²) in [5, 5.41) is 4.73. The second-order valence-electron chi connectivity index (χ2n) is 3.34. The van der Waals surface area contributed by atoms with Gasteiger partial charge in [0.1, 0.15) is 5.88 Å². The molecule has 7 nitrogen and oxygen atoms in total. The Kier molecular flexibility index (Phi) is 3.45. The molecule has 0 saturated carbocycles. The largest absolute Gasteiger partial charge is 0.321 e. The summed E-state index contributed by atoms with van der Waals surface area (Å²) in [7, 11) is -4.23. The van der Waals surface area contributed by atoms with Gasteiger partial charge in [-0.15, -0.1) is 0 Å². The van der Waals surface area contributed by atoms with E-state index in [9.17, 15) is 13.2 Å². The standard InChI is InChI=1S/C9H9N3O4S2/c13-8(10-5-18(14,15)16)12-9-11-6-3-1-2-4-7(6)17-9/h1-4H,5H2,(H,14,15,16)(H2,10,11,12,13). The zero-order valence-electron chi connectivity index (χ0n) is 8.95. The van der Waals surface area contributed by atoms with Gasteiger partial charge in [0.05, 0.1) is 10.2 Å². The molecule has 0 saturated heterocycles. The summed E-state index contributed by atoms with van der Waals surface area (Å²) < 4.78 is 30.2. The first-order valence-corrected chi connectivity index (χ1v) is 7.22. The molecular formula is C9H9N3O4S2. The molecule has 9 heteroatoms. The van der Waals surface area contributed by atoms with E-state index in [1.54, 1.807) is 6.07 Å². The molecule has 2 aromatic rings. The Balaban J connectivity index is 2.03. The number of urea groups is 1. The highest BCUT2D eigenvalue weighted by Gasteiger charge is 2.10. The average Bonchev–Trinajstić information content (AvgIpc) is 2.67. The highest BCUT2D eigenvalue weighted by Crippen LogP contribution is 2.25. The van der Waals surface area contributed by atoms with Crippen molar-refractivity contribution in [2.45, 2.75) is 0 Å². The Morgan fingerprint density at radius 1 is 1.39 bits per heavy atom. The third-order valence-electron chi connectivity index (χ3n) is 1.93. The average molecular weight is 287 g/mol. The van der Waals surface area contributed by atoms with Gasteiger partial charge in [-0.05, 0) is 12.1 Å². The molecule has 0 fully saturated rings. The van der Waals surface area contributed by atoms with Crippen molar-refractivity contribution >= 4 is 42.8 Å². The first kappa shape index (κ1) is 12.7. The number of carbonyl (C=O) groups is 1. The molecule has 0 aliphatic carbocycles. The van der Waals surface area contributed by atoms with Crippen LogP contribution in [0, 0.1) is 0 Å². The lowest BCUT2D eigenvalue weighted by Crippen LogP contribution is -2.33. The van der Waals surface area contributed by atoms with Gasteiger partial charge < -0.3 is 5.32 Å². The fourth-order valence-corrected chi connectivity index (χ4v) is 2.40. The number of benzene rings is 1. The lowest BCUT2D eigenvalue weighted by molar-refractivity contribution is 0.253. The molecule has 2 rings (SSSR count). The van der Waals surface area contributed by atoms with Crippen molar-refractivity contribution < 1.29 is 17.8 Å². The Bertz CT molecular complexity index is 647. The molecule has 0 radical (unpaired) electrons. The SMILES string of the molecule is O=C(NCS(=O)(=O)O)Nc1nc2ccccc2s1. The van der Waals surface area contributed by atoms with Crippen LogP contribution in [0.1, 0.15) is 0 Å². The molecule has 0 bridgehead atoms. The number of nitrogens with zero attached hydrogens (tertiary/aromatic N) is 1. The molecule has 1 heterocycles. The third-order valence-corrected chi connectivity index (χ3v) is 3.39. The molecule has 0 aliphatic heterocycles. The first-order valence-electron chi connectivity index (χ1n) is 4.80. The highest BCUT2D eigenvalue weighted by molar-refractivity contribution is 7.85. The number of fused-ring (bicyclic) bond motifs is 1. The van der Waals surface area contributed by atoms with Crippen LogP contribution < -0.4 is 10.6 Å². The summed E-state index contributed by atoms with van der Waals surface area (Å²) in [4.78, 5) is 15.4. The van der Waals surface area contributed by atoms with Crippen molar-refractivity contribution in [3.63, 3.8) is 0 Å². The third kappa shape index (κ3) is 3.39. The number of aromatic nitrogens is 1. The van der Waals surface area contributed by atoms with Gasteiger partial charge in [0.15, 0.2) is 5.13 Å². The number of thiazole rings is 1. The Morgan fingerprint density at radius 2 is 2.11 bits per heavy atom. The maximum Gasteiger partial charge on any atom is 0.321 e.